The van der Waals surface area contributed by atoms with Crippen LogP contribution in [-0.4, -0.2) is 13.1 Å². The lowest BCUT2D eigenvalue weighted by Gasteiger charge is -2.35. The minimum absolute atomic E-state index is 0.864. The van der Waals surface area contributed by atoms with Crippen LogP contribution in [-0.2, 0) is 6.42 Å². The van der Waals surface area contributed by atoms with Gasteiger partial charge in [-0.05, 0) is 96.8 Å². The summed E-state index contributed by atoms with van der Waals surface area (Å²) in [5.74, 6) is 2.64. The van der Waals surface area contributed by atoms with Crippen LogP contribution in [0.15, 0.2) is 24.3 Å². The fourth-order valence-electron chi connectivity index (χ4n) is 3.47. The molecular formula is C18H28IN. The average Bonchev–Trinajstić information content (AvgIpc) is 2.44. The second-order valence-corrected chi connectivity index (χ2v) is 7.72. The molecule has 2 rings (SSSR count). The number of rotatable bonds is 6. The summed E-state index contributed by atoms with van der Waals surface area (Å²) in [4.78, 5) is 0. The second-order valence-electron chi connectivity index (χ2n) is 6.47. The molecule has 1 aliphatic carbocycles. The fraction of sp³-hybridized carbons (Fsp3) is 0.667. The molecular weight excluding hydrogens is 357 g/mol. The Morgan fingerprint density at radius 1 is 1.15 bits per heavy atom. The van der Waals surface area contributed by atoms with Crippen molar-refractivity contribution >= 4 is 22.6 Å². The van der Waals surface area contributed by atoms with Crippen molar-refractivity contribution in [3.05, 3.63) is 33.4 Å². The van der Waals surface area contributed by atoms with Gasteiger partial charge in [0.25, 0.3) is 0 Å². The zero-order chi connectivity index (χ0) is 14.4. The summed E-state index contributed by atoms with van der Waals surface area (Å²) >= 11 is 2.39. The summed E-state index contributed by atoms with van der Waals surface area (Å²) in [7, 11) is 0. The first-order valence-corrected chi connectivity index (χ1v) is 9.22. The van der Waals surface area contributed by atoms with E-state index in [-0.39, 0.29) is 0 Å². The van der Waals surface area contributed by atoms with E-state index in [0.717, 1.165) is 17.8 Å². The maximum Gasteiger partial charge on any atom is 0.0130 e. The van der Waals surface area contributed by atoms with Crippen molar-refractivity contribution in [2.45, 2.75) is 46.0 Å². The van der Waals surface area contributed by atoms with E-state index in [1.807, 2.05) is 0 Å². The van der Waals surface area contributed by atoms with Gasteiger partial charge in [-0.15, -0.1) is 0 Å². The molecule has 1 N–H and O–H groups in total. The van der Waals surface area contributed by atoms with Gasteiger partial charge in [0.15, 0.2) is 0 Å². The van der Waals surface area contributed by atoms with Gasteiger partial charge in [0.05, 0.1) is 0 Å². The molecule has 0 aromatic heterocycles. The number of hydrogen-bond acceptors (Lipinski definition) is 1. The van der Waals surface area contributed by atoms with E-state index in [1.165, 1.54) is 54.3 Å². The van der Waals surface area contributed by atoms with Gasteiger partial charge in [0, 0.05) is 3.57 Å². The highest BCUT2D eigenvalue weighted by molar-refractivity contribution is 14.1. The zero-order valence-corrected chi connectivity index (χ0v) is 15.0. The largest absolute Gasteiger partial charge is 0.316 e. The molecule has 0 amide bonds. The molecule has 3 atom stereocenters. The highest BCUT2D eigenvalue weighted by atomic mass is 127. The van der Waals surface area contributed by atoms with Crippen molar-refractivity contribution in [3.8, 4) is 0 Å². The van der Waals surface area contributed by atoms with Crippen molar-refractivity contribution in [1.29, 1.82) is 0 Å². The standard InChI is InChI=1S/C18H28IN/c1-3-10-20-13-16-7-4-14(2)11-17(16)12-15-5-8-18(19)9-6-15/h5-6,8-9,14,16-17,20H,3-4,7,10-13H2,1-2H3. The van der Waals surface area contributed by atoms with E-state index >= 15 is 0 Å². The van der Waals surface area contributed by atoms with E-state index < -0.39 is 0 Å². The molecule has 1 aromatic carbocycles. The molecule has 0 aliphatic heterocycles. The average molecular weight is 385 g/mol. The van der Waals surface area contributed by atoms with E-state index in [4.69, 9.17) is 0 Å². The molecule has 0 spiro atoms. The molecule has 112 valence electrons. The first kappa shape index (κ1) is 16.3. The second kappa shape index (κ2) is 8.38. The van der Waals surface area contributed by atoms with Crippen LogP contribution in [0.1, 0.15) is 45.1 Å². The van der Waals surface area contributed by atoms with Crippen LogP contribution >= 0.6 is 22.6 Å². The van der Waals surface area contributed by atoms with Gasteiger partial charge >= 0.3 is 0 Å². The third-order valence-corrected chi connectivity index (χ3v) is 5.37. The Kier molecular flexibility index (Phi) is 6.82. The van der Waals surface area contributed by atoms with Crippen molar-refractivity contribution in [2.75, 3.05) is 13.1 Å². The molecule has 0 saturated heterocycles. The van der Waals surface area contributed by atoms with Gasteiger partial charge < -0.3 is 5.32 Å². The monoisotopic (exact) mass is 385 g/mol. The summed E-state index contributed by atoms with van der Waals surface area (Å²) in [5, 5.41) is 3.64. The lowest BCUT2D eigenvalue weighted by Crippen LogP contribution is -2.34. The maximum atomic E-state index is 3.64. The Morgan fingerprint density at radius 2 is 1.90 bits per heavy atom. The van der Waals surface area contributed by atoms with E-state index in [0.29, 0.717) is 0 Å². The van der Waals surface area contributed by atoms with Crippen molar-refractivity contribution in [2.24, 2.45) is 17.8 Å². The third-order valence-electron chi connectivity index (χ3n) is 4.65. The molecule has 1 saturated carbocycles. The summed E-state index contributed by atoms with van der Waals surface area (Å²) in [5.41, 5.74) is 1.52. The first-order chi connectivity index (χ1) is 9.69. The lowest BCUT2D eigenvalue weighted by molar-refractivity contribution is 0.184. The molecule has 2 heteroatoms. The SMILES string of the molecule is CCCNCC1CCC(C)CC1Cc1ccc(I)cc1. The summed E-state index contributed by atoms with van der Waals surface area (Å²) in [6, 6.07) is 9.12. The topological polar surface area (TPSA) is 12.0 Å². The highest BCUT2D eigenvalue weighted by Gasteiger charge is 2.28. The predicted octanol–water partition coefficient (Wildman–Crippen LogP) is 4.89. The van der Waals surface area contributed by atoms with E-state index in [2.05, 4.69) is 66.0 Å². The van der Waals surface area contributed by atoms with Gasteiger partial charge in [-0.3, -0.25) is 0 Å². The summed E-state index contributed by atoms with van der Waals surface area (Å²) < 4.78 is 1.34. The third kappa shape index (κ3) is 5.03. The molecule has 0 radical (unpaired) electrons. The van der Waals surface area contributed by atoms with Gasteiger partial charge in [-0.2, -0.15) is 0 Å². The molecule has 1 aromatic rings. The van der Waals surface area contributed by atoms with Crippen molar-refractivity contribution in [1.82, 2.24) is 5.32 Å². The summed E-state index contributed by atoms with van der Waals surface area (Å²) in [6.45, 7) is 7.06. The van der Waals surface area contributed by atoms with Gasteiger partial charge in [0.2, 0.25) is 0 Å². The number of nitrogens with one attached hydrogen (secondary N) is 1. The highest BCUT2D eigenvalue weighted by Crippen LogP contribution is 2.35. The van der Waals surface area contributed by atoms with Gasteiger partial charge in [-0.1, -0.05) is 32.4 Å². The van der Waals surface area contributed by atoms with Crippen molar-refractivity contribution < 1.29 is 0 Å². The van der Waals surface area contributed by atoms with Gasteiger partial charge in [-0.25, -0.2) is 0 Å². The Hall–Kier alpha value is -0.0900. The number of benzene rings is 1. The van der Waals surface area contributed by atoms with Crippen LogP contribution in [0, 0.1) is 21.3 Å². The van der Waals surface area contributed by atoms with E-state index in [1.54, 1.807) is 0 Å². The predicted molar refractivity (Wildman–Crippen MR) is 96.0 cm³/mol. The number of hydrogen-bond donors (Lipinski definition) is 1. The smallest absolute Gasteiger partial charge is 0.0130 e. The minimum atomic E-state index is 0.864. The van der Waals surface area contributed by atoms with Crippen LogP contribution < -0.4 is 5.32 Å². The fourth-order valence-corrected chi connectivity index (χ4v) is 3.83. The lowest BCUT2D eigenvalue weighted by atomic mass is 9.72. The summed E-state index contributed by atoms with van der Waals surface area (Å²) in [6.07, 6.45) is 6.74. The molecule has 0 bridgehead atoms. The first-order valence-electron chi connectivity index (χ1n) is 8.14. The van der Waals surface area contributed by atoms with Crippen LogP contribution in [0.25, 0.3) is 0 Å². The zero-order valence-electron chi connectivity index (χ0n) is 12.9. The van der Waals surface area contributed by atoms with Crippen molar-refractivity contribution in [3.63, 3.8) is 0 Å². The molecule has 1 nitrogen and oxygen atoms in total. The Morgan fingerprint density at radius 3 is 2.60 bits per heavy atom. The maximum absolute atomic E-state index is 3.64. The van der Waals surface area contributed by atoms with Crippen LogP contribution in [0.3, 0.4) is 0 Å². The molecule has 1 fully saturated rings. The Balaban J connectivity index is 1.94. The van der Waals surface area contributed by atoms with Crippen LogP contribution in [0.4, 0.5) is 0 Å². The number of halogens is 1. The quantitative estimate of drug-likeness (QED) is 0.543. The Bertz CT molecular complexity index is 387. The molecule has 1 aliphatic rings. The van der Waals surface area contributed by atoms with Crippen LogP contribution in [0.5, 0.6) is 0 Å². The van der Waals surface area contributed by atoms with Gasteiger partial charge in [0.1, 0.15) is 0 Å². The van der Waals surface area contributed by atoms with Crippen LogP contribution in [0.2, 0.25) is 0 Å². The minimum Gasteiger partial charge on any atom is -0.316 e. The molecule has 0 heterocycles. The molecule has 20 heavy (non-hydrogen) atoms. The normalized spacial score (nSPS) is 26.6. The Labute approximate surface area is 138 Å². The van der Waals surface area contributed by atoms with E-state index in [9.17, 15) is 0 Å². The molecule has 3 unspecified atom stereocenters.